The molecule has 0 saturated carbocycles. The number of rotatable bonds is 10. The lowest BCUT2D eigenvalue weighted by atomic mass is 9.32. The quantitative estimate of drug-likeness (QED) is 0.0974. The number of nitrogens with zero attached hydrogens (tertiary/aromatic N) is 1. The van der Waals surface area contributed by atoms with Crippen molar-refractivity contribution in [3.63, 3.8) is 0 Å². The smallest absolute Gasteiger partial charge is 0.248 e. The van der Waals surface area contributed by atoms with Crippen LogP contribution in [0.2, 0.25) is 0 Å². The third-order valence-electron chi connectivity index (χ3n) is 18.4. The van der Waals surface area contributed by atoms with Gasteiger partial charge in [-0.15, -0.1) is 0 Å². The fraction of sp³-hybridized carbons (Fsp3) is 0.0353. The lowest BCUT2D eigenvalue weighted by Crippen LogP contribution is -2.59. The van der Waals surface area contributed by atoms with Gasteiger partial charge in [0.15, 0.2) is 0 Å². The fourth-order valence-electron chi connectivity index (χ4n) is 14.8. The van der Waals surface area contributed by atoms with Crippen molar-refractivity contribution in [3.05, 3.63) is 326 Å². The number of aryl methyl sites for hydroxylation is 3. The van der Waals surface area contributed by atoms with Crippen molar-refractivity contribution in [1.29, 1.82) is 0 Å². The van der Waals surface area contributed by atoms with Crippen LogP contribution in [0.4, 0.5) is 17.1 Å². The van der Waals surface area contributed by atoms with Gasteiger partial charge in [0.25, 0.3) is 0 Å². The van der Waals surface area contributed by atoms with Gasteiger partial charge in [0.05, 0.1) is 0 Å². The Morgan fingerprint density at radius 3 is 1.17 bits per heavy atom. The summed E-state index contributed by atoms with van der Waals surface area (Å²) >= 11 is 0. The van der Waals surface area contributed by atoms with Crippen molar-refractivity contribution in [2.75, 3.05) is 4.90 Å². The zero-order valence-corrected chi connectivity index (χ0v) is 49.0. The normalized spacial score (nSPS) is 12.0. The van der Waals surface area contributed by atoms with E-state index >= 15 is 0 Å². The van der Waals surface area contributed by atoms with Gasteiger partial charge in [-0.1, -0.05) is 289 Å². The van der Waals surface area contributed by atoms with Crippen molar-refractivity contribution in [3.8, 4) is 89.0 Å². The predicted octanol–water partition coefficient (Wildman–Crippen LogP) is 21.1. The molecular formula is C85H60BN. The Morgan fingerprint density at radius 1 is 0.276 bits per heavy atom. The Kier molecular flexibility index (Phi) is 12.7. The van der Waals surface area contributed by atoms with Gasteiger partial charge in [-0.3, -0.25) is 0 Å². The Balaban J connectivity index is 1.13. The first-order chi connectivity index (χ1) is 42.9. The molecule has 0 unspecified atom stereocenters. The molecule has 0 aromatic heterocycles. The monoisotopic (exact) mass is 1110 g/mol. The van der Waals surface area contributed by atoms with Gasteiger partial charge >= 0.3 is 0 Å². The Bertz CT molecular complexity index is 4940. The van der Waals surface area contributed by atoms with Crippen LogP contribution in [-0.4, -0.2) is 6.71 Å². The number of anilines is 3. The standard InChI is InChI=1S/C85H60BN/c1-55-49-56(2)83(57(3)50-55)86-76-41-25-26-42-77(76)87(67-39-23-10-24-40-67)85-71-48-47-68-69(79-72(60-31-15-6-16-32-60)51-65(58-27-11-4-12-28-58)52-73(79)61-33-17-7-18-34-61)45-43-64-44-46-70(80(71)78(64)68)82(84(85)86)81-74(62-35-19-8-20-36-62)53-66(59-29-13-5-14-30-59)54-75(81)63-37-21-9-22-38-63/h4-54H,1-3H3. The molecule has 0 fully saturated rings. The average Bonchev–Trinajstić information content (AvgIpc) is 0.756. The van der Waals surface area contributed by atoms with E-state index in [-0.39, 0.29) is 6.71 Å². The third kappa shape index (κ3) is 8.70. The van der Waals surface area contributed by atoms with Crippen LogP contribution in [0.15, 0.2) is 309 Å². The van der Waals surface area contributed by atoms with E-state index in [9.17, 15) is 0 Å². The zero-order valence-electron chi connectivity index (χ0n) is 49.0. The number of hydrogen-bond acceptors (Lipinski definition) is 1. The first kappa shape index (κ1) is 51.8. The van der Waals surface area contributed by atoms with E-state index in [0.29, 0.717) is 0 Å². The van der Waals surface area contributed by atoms with Crippen molar-refractivity contribution in [2.24, 2.45) is 0 Å². The van der Waals surface area contributed by atoms with E-state index in [1.165, 1.54) is 166 Å². The highest BCUT2D eigenvalue weighted by Crippen LogP contribution is 2.54. The summed E-state index contributed by atoms with van der Waals surface area (Å²) in [4.78, 5) is 2.61. The molecule has 15 aromatic carbocycles. The Hall–Kier alpha value is -10.8. The second kappa shape index (κ2) is 21.4. The maximum Gasteiger partial charge on any atom is 0.248 e. The van der Waals surface area contributed by atoms with Crippen LogP contribution in [0.25, 0.3) is 121 Å². The van der Waals surface area contributed by atoms with E-state index in [2.05, 4.69) is 335 Å². The third-order valence-corrected chi connectivity index (χ3v) is 18.4. The molecule has 0 N–H and O–H groups in total. The molecule has 2 heteroatoms. The minimum atomic E-state index is -0.157. The summed E-state index contributed by atoms with van der Waals surface area (Å²) < 4.78 is 0. The highest BCUT2D eigenvalue weighted by molar-refractivity contribution is 6.99. The topological polar surface area (TPSA) is 3.24 Å². The lowest BCUT2D eigenvalue weighted by Gasteiger charge is -2.41. The molecule has 1 nitrogen and oxygen atoms in total. The molecule has 15 aromatic rings. The molecule has 408 valence electrons. The van der Waals surface area contributed by atoms with Crippen LogP contribution in [0.1, 0.15) is 16.7 Å². The second-order valence-electron chi connectivity index (χ2n) is 23.6. The van der Waals surface area contributed by atoms with Gasteiger partial charge in [0.2, 0.25) is 6.71 Å². The molecule has 0 atom stereocenters. The van der Waals surface area contributed by atoms with Gasteiger partial charge in [0, 0.05) is 27.8 Å². The van der Waals surface area contributed by atoms with Crippen LogP contribution in [0.5, 0.6) is 0 Å². The number of hydrogen-bond donors (Lipinski definition) is 0. The largest absolute Gasteiger partial charge is 0.311 e. The zero-order chi connectivity index (χ0) is 58.1. The summed E-state index contributed by atoms with van der Waals surface area (Å²) in [5.41, 5.74) is 30.4. The maximum atomic E-state index is 2.61. The summed E-state index contributed by atoms with van der Waals surface area (Å²) in [7, 11) is 0. The van der Waals surface area contributed by atoms with E-state index in [4.69, 9.17) is 0 Å². The van der Waals surface area contributed by atoms with Gasteiger partial charge in [-0.25, -0.2) is 0 Å². The average molecular weight is 1110 g/mol. The van der Waals surface area contributed by atoms with E-state index < -0.39 is 0 Å². The fourth-order valence-corrected chi connectivity index (χ4v) is 14.8. The molecule has 0 amide bonds. The minimum absolute atomic E-state index is 0.157. The highest BCUT2D eigenvalue weighted by atomic mass is 15.2. The van der Waals surface area contributed by atoms with Crippen LogP contribution in [-0.2, 0) is 0 Å². The first-order valence-electron chi connectivity index (χ1n) is 30.4. The Labute approximate surface area is 510 Å². The van der Waals surface area contributed by atoms with E-state index in [1.807, 2.05) is 0 Å². The first-order valence-corrected chi connectivity index (χ1v) is 30.4. The molecule has 0 spiro atoms. The molecule has 1 heterocycles. The van der Waals surface area contributed by atoms with E-state index in [0.717, 1.165) is 5.69 Å². The molecule has 1 aliphatic rings. The number of benzene rings is 15. The molecule has 0 bridgehead atoms. The van der Waals surface area contributed by atoms with Crippen molar-refractivity contribution in [1.82, 2.24) is 0 Å². The van der Waals surface area contributed by atoms with Crippen molar-refractivity contribution >= 4 is 72.5 Å². The SMILES string of the molecule is Cc1cc(C)c(B2c3ccccc3N(c3ccccc3)c3c2c(-c2c(-c4ccccc4)cc(-c4ccccc4)cc2-c2ccccc2)c2ccc4ccc(-c5c(-c6ccccc6)cc(-c6ccccc6)cc5-c5ccccc5)c5ccc3c2c45)c(C)c1. The van der Waals surface area contributed by atoms with Crippen LogP contribution in [0.3, 0.4) is 0 Å². The van der Waals surface area contributed by atoms with Crippen LogP contribution < -0.4 is 21.3 Å². The Morgan fingerprint density at radius 2 is 0.678 bits per heavy atom. The molecule has 0 radical (unpaired) electrons. The summed E-state index contributed by atoms with van der Waals surface area (Å²) in [6.07, 6.45) is 0. The van der Waals surface area contributed by atoms with E-state index in [1.54, 1.807) is 0 Å². The molecule has 0 saturated heterocycles. The highest BCUT2D eigenvalue weighted by Gasteiger charge is 2.42. The van der Waals surface area contributed by atoms with Crippen LogP contribution >= 0.6 is 0 Å². The summed E-state index contributed by atoms with van der Waals surface area (Å²) in [6.45, 7) is 6.76. The predicted molar refractivity (Wildman–Crippen MR) is 374 cm³/mol. The van der Waals surface area contributed by atoms with Gasteiger partial charge in [0.1, 0.15) is 0 Å². The lowest BCUT2D eigenvalue weighted by molar-refractivity contribution is 1.30. The van der Waals surface area contributed by atoms with Crippen molar-refractivity contribution < 1.29 is 0 Å². The summed E-state index contributed by atoms with van der Waals surface area (Å²) in [5.74, 6) is 0. The number of para-hydroxylation sites is 2. The molecule has 16 rings (SSSR count). The molecule has 1 aliphatic heterocycles. The summed E-state index contributed by atoms with van der Waals surface area (Å²) in [6, 6.07) is 116. The summed E-state index contributed by atoms with van der Waals surface area (Å²) in [5, 5.41) is 7.38. The molecule has 87 heavy (non-hydrogen) atoms. The second-order valence-corrected chi connectivity index (χ2v) is 23.6. The number of fused-ring (bicyclic) bond motifs is 3. The molecule has 0 aliphatic carbocycles. The van der Waals surface area contributed by atoms with Gasteiger partial charge in [-0.2, -0.15) is 0 Å². The van der Waals surface area contributed by atoms with Crippen molar-refractivity contribution in [2.45, 2.75) is 20.8 Å². The van der Waals surface area contributed by atoms with Gasteiger partial charge in [-0.05, 0) is 185 Å². The molecular weight excluding hydrogens is 1050 g/mol. The van der Waals surface area contributed by atoms with Gasteiger partial charge < -0.3 is 4.90 Å². The van der Waals surface area contributed by atoms with Crippen LogP contribution in [0, 0.1) is 20.8 Å². The minimum Gasteiger partial charge on any atom is -0.311 e. The maximum absolute atomic E-state index is 2.61.